The first-order valence-electron chi connectivity index (χ1n) is 4.89. The number of halogens is 4. The maximum atomic E-state index is 13.0. The fraction of sp³-hybridized carbons (Fsp3) is 0.364. The summed E-state index contributed by atoms with van der Waals surface area (Å²) < 4.78 is 18.2. The lowest BCUT2D eigenvalue weighted by Crippen LogP contribution is -2.20. The minimum atomic E-state index is -0.839. The van der Waals surface area contributed by atoms with E-state index in [1.165, 1.54) is 12.1 Å². The number of carbonyl (C=O) groups is 1. The molecule has 0 aliphatic heterocycles. The van der Waals surface area contributed by atoms with Crippen LogP contribution >= 0.6 is 39.1 Å². The Bertz CT molecular complexity index is 403. The highest BCUT2D eigenvalue weighted by molar-refractivity contribution is 9.10. The van der Waals surface area contributed by atoms with Crippen LogP contribution < -0.4 is 0 Å². The smallest absolute Gasteiger partial charge is 0.324 e. The average Bonchev–Trinajstić information content (AvgIpc) is 2.23. The monoisotopic (exact) mass is 342 g/mol. The Morgan fingerprint density at radius 1 is 1.59 bits per heavy atom. The quantitative estimate of drug-likeness (QED) is 0.611. The average molecular weight is 344 g/mol. The number of carbonyl (C=O) groups excluding carboxylic acids is 1. The van der Waals surface area contributed by atoms with E-state index in [0.29, 0.717) is 10.0 Å². The van der Waals surface area contributed by atoms with Crippen molar-refractivity contribution in [2.24, 2.45) is 0 Å². The van der Waals surface area contributed by atoms with Crippen molar-refractivity contribution in [3.05, 3.63) is 33.0 Å². The highest BCUT2D eigenvalue weighted by Gasteiger charge is 2.20. The number of benzene rings is 1. The van der Waals surface area contributed by atoms with Crippen LogP contribution in [0.3, 0.4) is 0 Å². The lowest BCUT2D eigenvalue weighted by molar-refractivity contribution is -0.142. The Kier molecular flexibility index (Phi) is 5.70. The fourth-order valence-corrected chi connectivity index (χ4v) is 2.47. The van der Waals surface area contributed by atoms with Gasteiger partial charge in [-0.3, -0.25) is 4.79 Å². The van der Waals surface area contributed by atoms with Gasteiger partial charge in [0.15, 0.2) is 0 Å². The van der Waals surface area contributed by atoms with E-state index in [1.807, 2.05) is 0 Å². The molecule has 0 aromatic heterocycles. The zero-order valence-corrected chi connectivity index (χ0v) is 12.1. The van der Waals surface area contributed by atoms with Crippen LogP contribution in [0.4, 0.5) is 4.39 Å². The molecule has 0 radical (unpaired) electrons. The van der Waals surface area contributed by atoms with E-state index in [-0.39, 0.29) is 18.1 Å². The second-order valence-electron chi connectivity index (χ2n) is 3.27. The van der Waals surface area contributed by atoms with Crippen molar-refractivity contribution in [3.63, 3.8) is 0 Å². The Labute approximate surface area is 117 Å². The third-order valence-electron chi connectivity index (χ3n) is 2.03. The number of ether oxygens (including phenoxy) is 1. The largest absolute Gasteiger partial charge is 0.465 e. The number of hydrogen-bond donors (Lipinski definition) is 0. The van der Waals surface area contributed by atoms with Gasteiger partial charge in [-0.15, -0.1) is 11.6 Å². The van der Waals surface area contributed by atoms with E-state index >= 15 is 0 Å². The third kappa shape index (κ3) is 4.12. The van der Waals surface area contributed by atoms with Crippen LogP contribution in [0.25, 0.3) is 0 Å². The van der Waals surface area contributed by atoms with Gasteiger partial charge < -0.3 is 4.74 Å². The van der Waals surface area contributed by atoms with E-state index in [2.05, 4.69) is 15.9 Å². The van der Waals surface area contributed by atoms with Gasteiger partial charge in [0.05, 0.1) is 6.61 Å². The van der Waals surface area contributed by atoms with Gasteiger partial charge in [-0.1, -0.05) is 27.5 Å². The summed E-state index contributed by atoms with van der Waals surface area (Å²) in [6.45, 7) is 1.96. The van der Waals surface area contributed by atoms with Crippen molar-refractivity contribution in [1.29, 1.82) is 0 Å². The third-order valence-corrected chi connectivity index (χ3v) is 3.41. The maximum absolute atomic E-state index is 13.0. The summed E-state index contributed by atoms with van der Waals surface area (Å²) in [7, 11) is 0. The predicted octanol–water partition coefficient (Wildman–Crippen LogP) is 3.95. The maximum Gasteiger partial charge on any atom is 0.324 e. The Morgan fingerprint density at radius 3 is 2.76 bits per heavy atom. The molecule has 0 saturated heterocycles. The molecule has 0 heterocycles. The summed E-state index contributed by atoms with van der Waals surface area (Å²) in [4.78, 5) is 11.4. The van der Waals surface area contributed by atoms with Gasteiger partial charge >= 0.3 is 5.97 Å². The molecule has 6 heteroatoms. The first-order chi connectivity index (χ1) is 7.95. The van der Waals surface area contributed by atoms with Crippen molar-refractivity contribution in [2.75, 3.05) is 6.61 Å². The molecule has 1 aromatic carbocycles. The van der Waals surface area contributed by atoms with Gasteiger partial charge in [0.25, 0.3) is 0 Å². The van der Waals surface area contributed by atoms with E-state index in [0.717, 1.165) is 0 Å². The van der Waals surface area contributed by atoms with Crippen LogP contribution in [0.2, 0.25) is 5.02 Å². The highest BCUT2D eigenvalue weighted by atomic mass is 79.9. The van der Waals surface area contributed by atoms with Crippen LogP contribution in [-0.2, 0) is 16.0 Å². The SMILES string of the molecule is CCOC(=O)C(Cl)Cc1c(Cl)cc(F)cc1Br. The van der Waals surface area contributed by atoms with Gasteiger partial charge in [0, 0.05) is 15.9 Å². The Hall–Kier alpha value is -0.320. The van der Waals surface area contributed by atoms with E-state index in [4.69, 9.17) is 27.9 Å². The van der Waals surface area contributed by atoms with Crippen molar-refractivity contribution in [2.45, 2.75) is 18.7 Å². The first-order valence-corrected chi connectivity index (χ1v) is 6.50. The molecule has 0 saturated carbocycles. The minimum absolute atomic E-state index is 0.181. The summed E-state index contributed by atoms with van der Waals surface area (Å²) in [5.74, 6) is -0.964. The molecular weight excluding hydrogens is 334 g/mol. The normalized spacial score (nSPS) is 12.3. The second kappa shape index (κ2) is 6.57. The summed E-state index contributed by atoms with van der Waals surface area (Å²) in [6.07, 6.45) is 0.181. The lowest BCUT2D eigenvalue weighted by Gasteiger charge is -2.11. The van der Waals surface area contributed by atoms with Gasteiger partial charge in [-0.05, 0) is 24.6 Å². The van der Waals surface area contributed by atoms with E-state index in [9.17, 15) is 9.18 Å². The van der Waals surface area contributed by atoms with E-state index in [1.54, 1.807) is 6.92 Å². The molecule has 1 atom stereocenters. The lowest BCUT2D eigenvalue weighted by atomic mass is 10.1. The molecular formula is C11H10BrCl2FO2. The summed E-state index contributed by atoms with van der Waals surface area (Å²) in [6, 6.07) is 2.45. The van der Waals surface area contributed by atoms with Crippen LogP contribution in [0.5, 0.6) is 0 Å². The molecule has 94 valence electrons. The van der Waals surface area contributed by atoms with E-state index < -0.39 is 17.2 Å². The molecule has 1 rings (SSSR count). The van der Waals surface area contributed by atoms with Crippen molar-refractivity contribution in [3.8, 4) is 0 Å². The topological polar surface area (TPSA) is 26.3 Å². The number of alkyl halides is 1. The molecule has 0 N–H and O–H groups in total. The highest BCUT2D eigenvalue weighted by Crippen LogP contribution is 2.28. The molecule has 0 amide bonds. The van der Waals surface area contributed by atoms with Crippen molar-refractivity contribution >= 4 is 45.1 Å². The molecule has 1 aromatic rings. The first kappa shape index (κ1) is 14.7. The zero-order chi connectivity index (χ0) is 13.0. The molecule has 0 spiro atoms. The number of esters is 1. The Morgan fingerprint density at radius 2 is 2.24 bits per heavy atom. The van der Waals surface area contributed by atoms with Crippen LogP contribution in [0.1, 0.15) is 12.5 Å². The Balaban J connectivity index is 2.85. The predicted molar refractivity (Wildman–Crippen MR) is 69.1 cm³/mol. The van der Waals surface area contributed by atoms with Crippen molar-refractivity contribution in [1.82, 2.24) is 0 Å². The molecule has 0 fully saturated rings. The molecule has 0 aliphatic carbocycles. The van der Waals surface area contributed by atoms with Gasteiger partial charge in [0.2, 0.25) is 0 Å². The minimum Gasteiger partial charge on any atom is -0.465 e. The summed E-state index contributed by atoms with van der Waals surface area (Å²) in [5.41, 5.74) is 0.584. The summed E-state index contributed by atoms with van der Waals surface area (Å²) >= 11 is 14.9. The molecule has 17 heavy (non-hydrogen) atoms. The van der Waals surface area contributed by atoms with Gasteiger partial charge in [-0.25, -0.2) is 4.39 Å². The van der Waals surface area contributed by atoms with Crippen LogP contribution in [0, 0.1) is 5.82 Å². The fourth-order valence-electron chi connectivity index (χ4n) is 1.26. The second-order valence-corrected chi connectivity index (χ2v) is 5.06. The zero-order valence-electron chi connectivity index (χ0n) is 8.97. The summed E-state index contributed by atoms with van der Waals surface area (Å²) in [5, 5.41) is -0.610. The molecule has 2 nitrogen and oxygen atoms in total. The number of rotatable bonds is 4. The van der Waals surface area contributed by atoms with Gasteiger partial charge in [0.1, 0.15) is 11.2 Å². The van der Waals surface area contributed by atoms with Gasteiger partial charge in [-0.2, -0.15) is 0 Å². The van der Waals surface area contributed by atoms with Crippen LogP contribution in [0.15, 0.2) is 16.6 Å². The molecule has 0 bridgehead atoms. The van der Waals surface area contributed by atoms with Crippen molar-refractivity contribution < 1.29 is 13.9 Å². The standard InChI is InChI=1S/C11H10BrCl2FO2/c1-2-17-11(16)10(14)5-7-8(12)3-6(15)4-9(7)13/h3-4,10H,2,5H2,1H3. The number of hydrogen-bond acceptors (Lipinski definition) is 2. The molecule has 1 unspecified atom stereocenters. The van der Waals surface area contributed by atoms with Crippen LogP contribution in [-0.4, -0.2) is 18.0 Å². The molecule has 0 aliphatic rings.